The molecule has 1 rings (SSSR count). The first kappa shape index (κ1) is 13.1. The van der Waals surface area contributed by atoms with Gasteiger partial charge in [-0.25, -0.2) is 0 Å². The first-order valence-electron chi connectivity index (χ1n) is 2.14. The molecular weight excluding hydrogens is 189 g/mol. The van der Waals surface area contributed by atoms with E-state index < -0.39 is 6.99 Å². The Morgan fingerprint density at radius 1 is 1.67 bits per heavy atom. The van der Waals surface area contributed by atoms with Crippen LogP contribution in [0.4, 0.5) is 4.32 Å². The van der Waals surface area contributed by atoms with Gasteiger partial charge in [0.2, 0.25) is 0 Å². The molecule has 0 bridgehead atoms. The van der Waals surface area contributed by atoms with Gasteiger partial charge in [-0.05, 0) is 28.7 Å². The molecule has 0 unspecified atom stereocenters. The number of halogens is 2. The molecule has 6 heteroatoms. The Labute approximate surface area is 91.3 Å². The maximum atomic E-state index is 12.1. The van der Waals surface area contributed by atoms with Gasteiger partial charge in [0.25, 0.3) is 0 Å². The Morgan fingerprint density at radius 3 is 2.22 bits per heavy atom. The number of hydrogen-bond donors (Lipinski definition) is 0. The molecule has 0 nitrogen and oxygen atoms in total. The SMILES string of the molecule is FB1CCC1=S=S.[Ar].[F-]. The summed E-state index contributed by atoms with van der Waals surface area (Å²) in [5, 5.41) is 0. The Morgan fingerprint density at radius 2 is 2.22 bits per heavy atom. The van der Waals surface area contributed by atoms with Crippen LogP contribution in [0.3, 0.4) is 0 Å². The van der Waals surface area contributed by atoms with Crippen LogP contribution in [-0.4, -0.2) is 11.8 Å². The van der Waals surface area contributed by atoms with E-state index in [1.807, 2.05) is 0 Å². The topological polar surface area (TPSA) is 0 Å². The monoisotopic (exact) mass is 193 g/mol. The molecule has 0 saturated carbocycles. The quantitative estimate of drug-likeness (QED) is 0.305. The van der Waals surface area contributed by atoms with Crippen molar-refractivity contribution in [3.8, 4) is 0 Å². The van der Waals surface area contributed by atoms with Crippen LogP contribution in [0.15, 0.2) is 0 Å². The first-order valence-corrected chi connectivity index (χ1v) is 3.88. The smallest absolute Gasteiger partial charge is 0.387 e. The van der Waals surface area contributed by atoms with Gasteiger partial charge in [0.1, 0.15) is 0 Å². The van der Waals surface area contributed by atoms with Gasteiger partial charge in [0.15, 0.2) is 0 Å². The van der Waals surface area contributed by atoms with Gasteiger partial charge in [0.05, 0.1) is 0 Å². The molecule has 0 aromatic rings. The maximum Gasteiger partial charge on any atom is 0.387 e. The summed E-state index contributed by atoms with van der Waals surface area (Å²) in [4.78, 5) is 0. The zero-order chi connectivity index (χ0) is 5.28. The summed E-state index contributed by atoms with van der Waals surface area (Å²) in [5.41, 5.74) is 0. The second-order valence-electron chi connectivity index (χ2n) is 1.56. The second kappa shape index (κ2) is 6.22. The van der Waals surface area contributed by atoms with Crippen LogP contribution in [0, 0.1) is 37.7 Å². The summed E-state index contributed by atoms with van der Waals surface area (Å²) in [6, 6.07) is 0. The van der Waals surface area contributed by atoms with Crippen LogP contribution in [0.2, 0.25) is 6.32 Å². The van der Waals surface area contributed by atoms with Crippen LogP contribution in [-0.2, 0) is 21.1 Å². The van der Waals surface area contributed by atoms with Crippen molar-refractivity contribution in [1.82, 2.24) is 0 Å². The number of rotatable bonds is 0. The minimum atomic E-state index is -0.678. The Bertz CT molecular complexity index is 136. The van der Waals surface area contributed by atoms with Crippen molar-refractivity contribution in [3.63, 3.8) is 0 Å². The largest absolute Gasteiger partial charge is 1.00 e. The second-order valence-corrected chi connectivity index (χ2v) is 2.75. The van der Waals surface area contributed by atoms with Crippen molar-refractivity contribution in [2.75, 3.05) is 0 Å². The fraction of sp³-hybridized carbons (Fsp3) is 0.667. The maximum absolute atomic E-state index is 12.1. The molecular formula is C3H4ArBF2S2-. The predicted octanol–water partition coefficient (Wildman–Crippen LogP) is -2.39. The molecule has 1 saturated heterocycles. The van der Waals surface area contributed by atoms with Crippen LogP contribution in [0.1, 0.15) is 6.42 Å². The van der Waals surface area contributed by atoms with Gasteiger partial charge < -0.3 is 9.02 Å². The van der Waals surface area contributed by atoms with Crippen molar-refractivity contribution in [3.05, 3.63) is 0 Å². The Balaban J connectivity index is 0. The average Bonchev–Trinajstić information content (AvgIpc) is 1.65. The molecule has 1 aliphatic heterocycles. The molecule has 0 aromatic carbocycles. The van der Waals surface area contributed by atoms with Crippen molar-refractivity contribution in [2.24, 2.45) is 0 Å². The Hall–Kier alpha value is 1.49. The number of hydrogen-bond acceptors (Lipinski definition) is 1. The van der Waals surface area contributed by atoms with E-state index in [4.69, 9.17) is 0 Å². The van der Waals surface area contributed by atoms with E-state index in [0.29, 0.717) is 6.32 Å². The zero-order valence-electron chi connectivity index (χ0n) is 4.42. The van der Waals surface area contributed by atoms with Crippen LogP contribution in [0.25, 0.3) is 0 Å². The molecule has 0 amide bonds. The molecule has 0 spiro atoms. The van der Waals surface area contributed by atoms with Crippen LogP contribution < -0.4 is 4.70 Å². The van der Waals surface area contributed by atoms with Crippen LogP contribution in [0.5, 0.6) is 0 Å². The third-order valence-corrected chi connectivity index (χ3v) is 2.42. The summed E-state index contributed by atoms with van der Waals surface area (Å²) >= 11 is 4.54. The van der Waals surface area contributed by atoms with Gasteiger partial charge in [-0.3, -0.25) is 0 Å². The predicted molar refractivity (Wildman–Crippen MR) is 36.0 cm³/mol. The van der Waals surface area contributed by atoms with E-state index in [2.05, 4.69) is 11.2 Å². The van der Waals surface area contributed by atoms with Gasteiger partial charge in [-0.15, -0.1) is 0 Å². The zero-order valence-corrected chi connectivity index (χ0v) is 6.76. The Kier molecular flexibility index (Phi) is 9.06. The van der Waals surface area contributed by atoms with Gasteiger partial charge >= 0.3 is 6.99 Å². The normalized spacial score (nSPS) is 14.8. The minimum Gasteiger partial charge on any atom is -1.00 e. The standard InChI is InChI=1S/C3H4BFS2.Ar.FH/c5-4-2-1-3(4)7-6;;/h1-2H2;;1H/p-1. The molecule has 0 aromatic heterocycles. The molecule has 1 aliphatic rings. The van der Waals surface area contributed by atoms with E-state index >= 15 is 0 Å². The van der Waals surface area contributed by atoms with Gasteiger partial charge in [-0.1, -0.05) is 9.91 Å². The van der Waals surface area contributed by atoms with Crippen molar-refractivity contribution in [1.29, 1.82) is 0 Å². The van der Waals surface area contributed by atoms with E-state index in [1.54, 1.807) is 0 Å². The molecule has 0 aliphatic carbocycles. The molecule has 9 heavy (non-hydrogen) atoms. The van der Waals surface area contributed by atoms with E-state index in [-0.39, 0.29) is 42.4 Å². The summed E-state index contributed by atoms with van der Waals surface area (Å²) in [6.45, 7) is -0.678. The molecule has 1 heterocycles. The molecule has 0 atom stereocenters. The average molecular weight is 193 g/mol. The molecule has 0 radical (unpaired) electrons. The third kappa shape index (κ3) is 3.42. The summed E-state index contributed by atoms with van der Waals surface area (Å²) in [7, 11) is 1.14. The third-order valence-electron chi connectivity index (χ3n) is 1.10. The van der Waals surface area contributed by atoms with Crippen molar-refractivity contribution < 1.29 is 46.8 Å². The molecule has 1 fully saturated rings. The molecule has 0 N–H and O–H groups in total. The fourth-order valence-electron chi connectivity index (χ4n) is 0.465. The first-order chi connectivity index (χ1) is 3.34. The van der Waals surface area contributed by atoms with E-state index in [9.17, 15) is 4.32 Å². The van der Waals surface area contributed by atoms with Crippen molar-refractivity contribution in [2.45, 2.75) is 12.7 Å². The van der Waals surface area contributed by atoms with Gasteiger partial charge in [0, 0.05) is 37.7 Å². The summed E-state index contributed by atoms with van der Waals surface area (Å²) in [6.07, 6.45) is 1.59. The van der Waals surface area contributed by atoms with Gasteiger partial charge in [-0.2, -0.15) is 0 Å². The summed E-state index contributed by atoms with van der Waals surface area (Å²) in [5.74, 6) is 0. The van der Waals surface area contributed by atoms with Crippen LogP contribution >= 0.6 is 0 Å². The summed E-state index contributed by atoms with van der Waals surface area (Å²) < 4.78 is 12.9. The van der Waals surface area contributed by atoms with Crippen molar-refractivity contribution >= 4 is 32.9 Å². The molecule has 54 valence electrons. The fourth-order valence-corrected chi connectivity index (χ4v) is 1.45. The van der Waals surface area contributed by atoms with E-state index in [0.717, 1.165) is 21.1 Å². The van der Waals surface area contributed by atoms with E-state index in [1.165, 1.54) is 0 Å². The minimum absolute atomic E-state index is 0.